The second-order valence-corrected chi connectivity index (χ2v) is 4.24. The van der Waals surface area contributed by atoms with Gasteiger partial charge in [0.2, 0.25) is 0 Å². The third-order valence-corrected chi connectivity index (χ3v) is 2.74. The van der Waals surface area contributed by atoms with Crippen molar-refractivity contribution in [2.24, 2.45) is 5.41 Å². The number of hydrogen-bond acceptors (Lipinski definition) is 2. The summed E-state index contributed by atoms with van der Waals surface area (Å²) in [6.45, 7) is 3.45. The van der Waals surface area contributed by atoms with E-state index < -0.39 is 17.4 Å². The van der Waals surface area contributed by atoms with Crippen LogP contribution in [0.15, 0.2) is 34.9 Å². The first-order chi connectivity index (χ1) is 7.87. The highest BCUT2D eigenvalue weighted by Gasteiger charge is 2.34. The molecule has 1 unspecified atom stereocenters. The van der Waals surface area contributed by atoms with E-state index in [0.29, 0.717) is 0 Å². The molecule has 0 aromatic heterocycles. The maximum Gasteiger partial charge on any atom is 0.331 e. The molecule has 1 aliphatic carbocycles. The number of hydrogen-bond donors (Lipinski definition) is 2. The van der Waals surface area contributed by atoms with Gasteiger partial charge >= 0.3 is 11.9 Å². The molecular formula is C12H15BrO4. The summed E-state index contributed by atoms with van der Waals surface area (Å²) in [5, 5.41) is 17.5. The number of allylic oxidation sites excluding steroid dienone is 3. The van der Waals surface area contributed by atoms with Gasteiger partial charge in [-0.2, -0.15) is 0 Å². The molecule has 0 aliphatic heterocycles. The van der Waals surface area contributed by atoms with Gasteiger partial charge in [-0.05, 0) is 25.3 Å². The Labute approximate surface area is 108 Å². The fourth-order valence-corrected chi connectivity index (χ4v) is 1.18. The SMILES string of the molecule is CC1(C(=O)O)C=CC=C(C(=O)O)C1.CC=CBr. The molecule has 0 heterocycles. The minimum atomic E-state index is -1.08. The second kappa shape index (κ2) is 7.06. The fourth-order valence-electron chi connectivity index (χ4n) is 1.18. The molecule has 0 amide bonds. The highest BCUT2D eigenvalue weighted by atomic mass is 79.9. The van der Waals surface area contributed by atoms with Crippen LogP contribution in [0, 0.1) is 5.41 Å². The van der Waals surface area contributed by atoms with E-state index in [1.165, 1.54) is 25.2 Å². The second-order valence-electron chi connectivity index (χ2n) is 3.71. The van der Waals surface area contributed by atoms with Crippen LogP contribution < -0.4 is 0 Å². The maximum atomic E-state index is 10.8. The van der Waals surface area contributed by atoms with Gasteiger partial charge in [-0.15, -0.1) is 0 Å². The number of carboxylic acids is 2. The fraction of sp³-hybridized carbons (Fsp3) is 0.333. The van der Waals surface area contributed by atoms with Gasteiger partial charge in [0.05, 0.1) is 5.41 Å². The Hall–Kier alpha value is -1.36. The molecule has 0 radical (unpaired) electrons. The largest absolute Gasteiger partial charge is 0.481 e. The molecule has 4 nitrogen and oxygen atoms in total. The van der Waals surface area contributed by atoms with E-state index in [-0.39, 0.29) is 12.0 Å². The predicted molar refractivity (Wildman–Crippen MR) is 69.0 cm³/mol. The first kappa shape index (κ1) is 15.6. The molecule has 2 N–H and O–H groups in total. The Morgan fingerprint density at radius 3 is 2.35 bits per heavy atom. The van der Waals surface area contributed by atoms with Crippen molar-refractivity contribution in [3.63, 3.8) is 0 Å². The first-order valence-corrected chi connectivity index (χ1v) is 5.85. The lowest BCUT2D eigenvalue weighted by Crippen LogP contribution is -2.28. The zero-order chi connectivity index (χ0) is 13.5. The smallest absolute Gasteiger partial charge is 0.331 e. The average Bonchev–Trinajstić information content (AvgIpc) is 2.29. The molecule has 1 aliphatic rings. The number of aliphatic carboxylic acids is 2. The number of halogens is 1. The first-order valence-electron chi connectivity index (χ1n) is 4.94. The van der Waals surface area contributed by atoms with Crippen molar-refractivity contribution in [2.45, 2.75) is 20.3 Å². The summed E-state index contributed by atoms with van der Waals surface area (Å²) in [5.74, 6) is -2.06. The summed E-state index contributed by atoms with van der Waals surface area (Å²) in [4.78, 5) is 23.2. The Morgan fingerprint density at radius 2 is 2.00 bits per heavy atom. The van der Waals surface area contributed by atoms with E-state index in [0.717, 1.165) is 0 Å². The molecule has 0 saturated carbocycles. The lowest BCUT2D eigenvalue weighted by atomic mass is 9.80. The third kappa shape index (κ3) is 4.99. The summed E-state index contributed by atoms with van der Waals surface area (Å²) >= 11 is 3.07. The molecule has 0 saturated heterocycles. The van der Waals surface area contributed by atoms with E-state index in [4.69, 9.17) is 10.2 Å². The van der Waals surface area contributed by atoms with Gasteiger partial charge in [-0.3, -0.25) is 4.79 Å². The van der Waals surface area contributed by atoms with Crippen LogP contribution in [0.25, 0.3) is 0 Å². The summed E-state index contributed by atoms with van der Waals surface area (Å²) in [5.41, 5.74) is -0.949. The molecule has 1 rings (SSSR count). The van der Waals surface area contributed by atoms with Crippen molar-refractivity contribution in [3.8, 4) is 0 Å². The van der Waals surface area contributed by atoms with E-state index in [9.17, 15) is 9.59 Å². The highest BCUT2D eigenvalue weighted by molar-refractivity contribution is 9.11. The van der Waals surface area contributed by atoms with Gasteiger partial charge in [0.25, 0.3) is 0 Å². The Morgan fingerprint density at radius 1 is 1.47 bits per heavy atom. The van der Waals surface area contributed by atoms with Crippen molar-refractivity contribution in [1.29, 1.82) is 0 Å². The van der Waals surface area contributed by atoms with Gasteiger partial charge in [-0.1, -0.05) is 40.2 Å². The van der Waals surface area contributed by atoms with Crippen molar-refractivity contribution in [2.75, 3.05) is 0 Å². The lowest BCUT2D eigenvalue weighted by Gasteiger charge is -2.23. The van der Waals surface area contributed by atoms with Crippen LogP contribution in [0.4, 0.5) is 0 Å². The molecular weight excluding hydrogens is 288 g/mol. The summed E-state index contributed by atoms with van der Waals surface area (Å²) < 4.78 is 0. The van der Waals surface area contributed by atoms with Crippen molar-refractivity contribution >= 4 is 27.9 Å². The van der Waals surface area contributed by atoms with Crippen LogP contribution in [-0.4, -0.2) is 22.2 Å². The van der Waals surface area contributed by atoms with E-state index >= 15 is 0 Å². The monoisotopic (exact) mass is 302 g/mol. The van der Waals surface area contributed by atoms with Crippen LogP contribution in [0.5, 0.6) is 0 Å². The van der Waals surface area contributed by atoms with E-state index in [1.54, 1.807) is 0 Å². The van der Waals surface area contributed by atoms with Crippen LogP contribution >= 0.6 is 15.9 Å². The number of rotatable bonds is 2. The summed E-state index contributed by atoms with van der Waals surface area (Å²) in [6.07, 6.45) is 6.35. The van der Waals surface area contributed by atoms with Crippen LogP contribution in [-0.2, 0) is 9.59 Å². The van der Waals surface area contributed by atoms with Gasteiger partial charge in [-0.25, -0.2) is 4.79 Å². The number of carboxylic acid groups (broad SMARTS) is 2. The van der Waals surface area contributed by atoms with Crippen LogP contribution in [0.1, 0.15) is 20.3 Å². The van der Waals surface area contributed by atoms with Crippen LogP contribution in [0.2, 0.25) is 0 Å². The van der Waals surface area contributed by atoms with Gasteiger partial charge in [0.1, 0.15) is 0 Å². The quantitative estimate of drug-likeness (QED) is 0.822. The van der Waals surface area contributed by atoms with Gasteiger partial charge < -0.3 is 10.2 Å². The minimum Gasteiger partial charge on any atom is -0.481 e. The summed E-state index contributed by atoms with van der Waals surface area (Å²) in [6, 6.07) is 0. The van der Waals surface area contributed by atoms with Gasteiger partial charge in [0, 0.05) is 5.57 Å². The highest BCUT2D eigenvalue weighted by Crippen LogP contribution is 2.31. The summed E-state index contributed by atoms with van der Waals surface area (Å²) in [7, 11) is 0. The number of carbonyl (C=O) groups is 2. The molecule has 0 aromatic carbocycles. The molecule has 0 spiro atoms. The predicted octanol–water partition coefficient (Wildman–Crippen LogP) is 2.96. The van der Waals surface area contributed by atoms with Crippen LogP contribution in [0.3, 0.4) is 0 Å². The normalized spacial score (nSPS) is 22.6. The lowest BCUT2D eigenvalue weighted by molar-refractivity contribution is -0.145. The molecule has 0 bridgehead atoms. The zero-order valence-electron chi connectivity index (χ0n) is 9.68. The topological polar surface area (TPSA) is 74.6 Å². The third-order valence-electron chi connectivity index (χ3n) is 2.21. The minimum absolute atomic E-state index is 0.0359. The maximum absolute atomic E-state index is 10.8. The van der Waals surface area contributed by atoms with E-state index in [2.05, 4.69) is 15.9 Å². The Bertz CT molecular complexity index is 378. The molecule has 0 aromatic rings. The zero-order valence-corrected chi connectivity index (χ0v) is 11.3. The molecule has 0 fully saturated rings. The van der Waals surface area contributed by atoms with E-state index in [1.807, 2.05) is 18.0 Å². The average molecular weight is 303 g/mol. The Balaban J connectivity index is 0.000000557. The van der Waals surface area contributed by atoms with Crippen molar-refractivity contribution < 1.29 is 19.8 Å². The Kier molecular flexibility index (Phi) is 6.50. The molecule has 17 heavy (non-hydrogen) atoms. The van der Waals surface area contributed by atoms with Crippen molar-refractivity contribution in [1.82, 2.24) is 0 Å². The molecule has 5 heteroatoms. The standard InChI is InChI=1S/C9H10O4.C3H5Br/c1-9(8(12)13)4-2-3-6(5-9)7(10)11;1-2-3-4/h2-4H,5H2,1H3,(H,10,11)(H,12,13);2-3H,1H3. The van der Waals surface area contributed by atoms with Crippen molar-refractivity contribution in [3.05, 3.63) is 34.9 Å². The molecule has 1 atom stereocenters. The molecule has 94 valence electrons. The van der Waals surface area contributed by atoms with Gasteiger partial charge in [0.15, 0.2) is 0 Å².